The molecule has 3 unspecified atom stereocenters. The maximum Gasteiger partial charge on any atom is 0.135 e. The largest absolute Gasteiger partial charge is 0.391 e. The van der Waals surface area contributed by atoms with Gasteiger partial charge in [0.25, 0.3) is 0 Å². The number of carbonyl (C=O) groups excluding carboxylic acids is 1. The van der Waals surface area contributed by atoms with E-state index in [1.54, 1.807) is 0 Å². The van der Waals surface area contributed by atoms with Crippen LogP contribution in [0.2, 0.25) is 0 Å². The topological polar surface area (TPSA) is 58.6 Å². The van der Waals surface area contributed by atoms with Gasteiger partial charge in [0.05, 0.1) is 18.8 Å². The van der Waals surface area contributed by atoms with E-state index >= 15 is 0 Å². The van der Waals surface area contributed by atoms with E-state index in [1.807, 2.05) is 0 Å². The number of piperidine rings is 1. The quantitative estimate of drug-likeness (QED) is 0.576. The van der Waals surface area contributed by atoms with E-state index in [1.165, 1.54) is 0 Å². The monoisotopic (exact) mass is 185 g/mol. The zero-order valence-electron chi connectivity index (χ0n) is 7.53. The highest BCUT2D eigenvalue weighted by atomic mass is 16.5. The molecule has 4 heteroatoms. The van der Waals surface area contributed by atoms with Crippen LogP contribution in [0.25, 0.3) is 0 Å². The second kappa shape index (κ2) is 3.74. The number of aliphatic hydroxyl groups excluding tert-OH is 1. The summed E-state index contributed by atoms with van der Waals surface area (Å²) in [4.78, 5) is 11.2. The molecule has 3 atom stereocenters. The van der Waals surface area contributed by atoms with Gasteiger partial charge in [-0.3, -0.25) is 4.79 Å². The van der Waals surface area contributed by atoms with Crippen molar-refractivity contribution in [2.75, 3.05) is 13.2 Å². The molecular weight excluding hydrogens is 170 g/mol. The van der Waals surface area contributed by atoms with Crippen LogP contribution in [0.4, 0.5) is 0 Å². The summed E-state index contributed by atoms with van der Waals surface area (Å²) >= 11 is 0. The fraction of sp³-hybridized carbons (Fsp3) is 0.889. The lowest BCUT2D eigenvalue weighted by molar-refractivity contribution is -0.121. The lowest BCUT2D eigenvalue weighted by Gasteiger charge is -2.27. The SMILES string of the molecule is O=C1CCNC(C2CC(O)CO2)C1. The first-order valence-corrected chi connectivity index (χ1v) is 4.80. The van der Waals surface area contributed by atoms with Crippen molar-refractivity contribution in [3.8, 4) is 0 Å². The average Bonchev–Trinajstić information content (AvgIpc) is 2.52. The van der Waals surface area contributed by atoms with Crippen LogP contribution in [0.5, 0.6) is 0 Å². The molecule has 0 radical (unpaired) electrons. The Morgan fingerprint density at radius 2 is 2.38 bits per heavy atom. The summed E-state index contributed by atoms with van der Waals surface area (Å²) in [5.41, 5.74) is 0. The first-order chi connectivity index (χ1) is 6.25. The zero-order chi connectivity index (χ0) is 9.26. The van der Waals surface area contributed by atoms with Crippen molar-refractivity contribution in [1.29, 1.82) is 0 Å². The zero-order valence-corrected chi connectivity index (χ0v) is 7.53. The number of hydrogen-bond acceptors (Lipinski definition) is 4. The standard InChI is InChI=1S/C9H15NO3/c11-6-1-2-10-8(3-6)9-4-7(12)5-13-9/h7-10,12H,1-5H2. The lowest BCUT2D eigenvalue weighted by Crippen LogP contribution is -2.45. The molecule has 13 heavy (non-hydrogen) atoms. The minimum atomic E-state index is -0.344. The molecule has 2 saturated heterocycles. The molecule has 2 heterocycles. The van der Waals surface area contributed by atoms with Crippen LogP contribution >= 0.6 is 0 Å². The van der Waals surface area contributed by atoms with Crippen LogP contribution in [0.15, 0.2) is 0 Å². The summed E-state index contributed by atoms with van der Waals surface area (Å²) in [5.74, 6) is 0.300. The molecule has 4 nitrogen and oxygen atoms in total. The van der Waals surface area contributed by atoms with Crippen LogP contribution in [-0.2, 0) is 9.53 Å². The van der Waals surface area contributed by atoms with Crippen LogP contribution in [-0.4, -0.2) is 42.3 Å². The molecule has 0 bridgehead atoms. The Labute approximate surface area is 77.3 Å². The number of carbonyl (C=O) groups is 1. The highest BCUT2D eigenvalue weighted by Gasteiger charge is 2.33. The van der Waals surface area contributed by atoms with E-state index in [0.29, 0.717) is 31.7 Å². The third-order valence-corrected chi connectivity index (χ3v) is 2.71. The second-order valence-electron chi connectivity index (χ2n) is 3.81. The normalized spacial score (nSPS) is 41.0. The molecule has 2 aliphatic rings. The molecule has 74 valence electrons. The van der Waals surface area contributed by atoms with Gasteiger partial charge >= 0.3 is 0 Å². The van der Waals surface area contributed by atoms with E-state index in [-0.39, 0.29) is 18.2 Å². The smallest absolute Gasteiger partial charge is 0.135 e. The van der Waals surface area contributed by atoms with E-state index < -0.39 is 0 Å². The maximum absolute atomic E-state index is 11.2. The van der Waals surface area contributed by atoms with Gasteiger partial charge in [-0.1, -0.05) is 0 Å². The summed E-state index contributed by atoms with van der Waals surface area (Å²) in [5, 5.41) is 12.5. The Morgan fingerprint density at radius 1 is 1.54 bits per heavy atom. The Balaban J connectivity index is 1.89. The molecule has 2 fully saturated rings. The van der Waals surface area contributed by atoms with E-state index in [4.69, 9.17) is 4.74 Å². The third kappa shape index (κ3) is 2.07. The highest BCUT2D eigenvalue weighted by Crippen LogP contribution is 2.20. The number of rotatable bonds is 1. The Hall–Kier alpha value is -0.450. The molecule has 0 amide bonds. The van der Waals surface area contributed by atoms with Crippen molar-refractivity contribution in [2.45, 2.75) is 37.5 Å². The highest BCUT2D eigenvalue weighted by molar-refractivity contribution is 5.80. The number of Topliss-reactive ketones (excluding diaryl/α,β-unsaturated/α-hetero) is 1. The van der Waals surface area contributed by atoms with E-state index in [9.17, 15) is 9.90 Å². The van der Waals surface area contributed by atoms with Gasteiger partial charge in [0.1, 0.15) is 5.78 Å². The number of nitrogens with one attached hydrogen (secondary N) is 1. The predicted molar refractivity (Wildman–Crippen MR) is 46.4 cm³/mol. The van der Waals surface area contributed by atoms with Crippen LogP contribution in [0.3, 0.4) is 0 Å². The maximum atomic E-state index is 11.2. The molecule has 0 aromatic heterocycles. The van der Waals surface area contributed by atoms with E-state index in [0.717, 1.165) is 6.54 Å². The van der Waals surface area contributed by atoms with Crippen molar-refractivity contribution < 1.29 is 14.6 Å². The summed E-state index contributed by atoms with van der Waals surface area (Å²) < 4.78 is 5.39. The van der Waals surface area contributed by atoms with Gasteiger partial charge < -0.3 is 15.2 Å². The third-order valence-electron chi connectivity index (χ3n) is 2.71. The molecule has 2 N–H and O–H groups in total. The molecule has 0 saturated carbocycles. The number of ketones is 1. The van der Waals surface area contributed by atoms with Gasteiger partial charge in [-0.25, -0.2) is 0 Å². The van der Waals surface area contributed by atoms with Crippen molar-refractivity contribution in [2.24, 2.45) is 0 Å². The molecule has 0 aromatic carbocycles. The fourth-order valence-corrected chi connectivity index (χ4v) is 2.00. The Morgan fingerprint density at radius 3 is 3.00 bits per heavy atom. The van der Waals surface area contributed by atoms with Crippen molar-refractivity contribution >= 4 is 5.78 Å². The van der Waals surface area contributed by atoms with Gasteiger partial charge in [-0.05, 0) is 0 Å². The number of ether oxygens (including phenoxy) is 1. The van der Waals surface area contributed by atoms with Gasteiger partial charge in [0.2, 0.25) is 0 Å². The van der Waals surface area contributed by atoms with Crippen molar-refractivity contribution in [3.63, 3.8) is 0 Å². The summed E-state index contributed by atoms with van der Waals surface area (Å²) in [6, 6.07) is 0.124. The Bertz CT molecular complexity index is 207. The summed E-state index contributed by atoms with van der Waals surface area (Å²) in [7, 11) is 0. The number of aliphatic hydroxyl groups is 1. The molecule has 2 aliphatic heterocycles. The fourth-order valence-electron chi connectivity index (χ4n) is 2.00. The van der Waals surface area contributed by atoms with Crippen molar-refractivity contribution in [1.82, 2.24) is 5.32 Å². The van der Waals surface area contributed by atoms with Gasteiger partial charge in [-0.2, -0.15) is 0 Å². The Kier molecular flexibility index (Phi) is 2.62. The minimum Gasteiger partial charge on any atom is -0.391 e. The second-order valence-corrected chi connectivity index (χ2v) is 3.81. The summed E-state index contributed by atoms with van der Waals surface area (Å²) in [6.45, 7) is 1.16. The van der Waals surface area contributed by atoms with Gasteiger partial charge in [0.15, 0.2) is 0 Å². The first-order valence-electron chi connectivity index (χ1n) is 4.80. The van der Waals surface area contributed by atoms with E-state index in [2.05, 4.69) is 5.32 Å². The van der Waals surface area contributed by atoms with Crippen molar-refractivity contribution in [3.05, 3.63) is 0 Å². The average molecular weight is 185 g/mol. The first kappa shape index (κ1) is 9.12. The number of hydrogen-bond donors (Lipinski definition) is 2. The molecule has 2 rings (SSSR count). The summed E-state index contributed by atoms with van der Waals surface area (Å²) in [6.07, 6.45) is 1.52. The predicted octanol–water partition coefficient (Wildman–Crippen LogP) is -0.543. The lowest BCUT2D eigenvalue weighted by atomic mass is 9.97. The molecule has 0 spiro atoms. The van der Waals surface area contributed by atoms with Gasteiger partial charge in [0, 0.05) is 31.8 Å². The molecule has 0 aromatic rings. The van der Waals surface area contributed by atoms with Crippen LogP contribution in [0, 0.1) is 0 Å². The van der Waals surface area contributed by atoms with Gasteiger partial charge in [-0.15, -0.1) is 0 Å². The van der Waals surface area contributed by atoms with Crippen LogP contribution < -0.4 is 5.32 Å². The van der Waals surface area contributed by atoms with Crippen LogP contribution in [0.1, 0.15) is 19.3 Å². The molecule has 0 aliphatic carbocycles. The molecular formula is C9H15NO3. The minimum absolute atomic E-state index is 0.0271.